The van der Waals surface area contributed by atoms with Gasteiger partial charge < -0.3 is 4.72 Å². The van der Waals surface area contributed by atoms with Crippen LogP contribution >= 0.6 is 12.8 Å². The summed E-state index contributed by atoms with van der Waals surface area (Å²) < 4.78 is 4.55. The molecule has 1 heterocycles. The normalized spacial score (nSPS) is 9.92. The lowest BCUT2D eigenvalue weighted by atomic mass is 10.3. The SMILES string of the molecule is SNc1ccnn1-c1ccccc1. The lowest BCUT2D eigenvalue weighted by Crippen LogP contribution is -1.98. The van der Waals surface area contributed by atoms with Gasteiger partial charge in [-0.15, -0.1) is 0 Å². The van der Waals surface area contributed by atoms with E-state index >= 15 is 0 Å². The standard InChI is InChI=1S/C9H9N3S/c13-11-9-6-7-10-12(9)8-4-2-1-3-5-8/h1-7,11,13H. The first-order valence-electron chi connectivity index (χ1n) is 3.91. The molecule has 0 saturated heterocycles. The Kier molecular flexibility index (Phi) is 2.23. The van der Waals surface area contributed by atoms with Crippen LogP contribution in [0.4, 0.5) is 5.82 Å². The molecule has 0 radical (unpaired) electrons. The van der Waals surface area contributed by atoms with Crippen molar-refractivity contribution in [1.29, 1.82) is 0 Å². The van der Waals surface area contributed by atoms with Crippen molar-refractivity contribution in [2.24, 2.45) is 0 Å². The average Bonchev–Trinajstić information content (AvgIpc) is 2.67. The van der Waals surface area contributed by atoms with Crippen LogP contribution in [0.3, 0.4) is 0 Å². The van der Waals surface area contributed by atoms with E-state index in [0.29, 0.717) is 0 Å². The molecule has 1 aromatic heterocycles. The van der Waals surface area contributed by atoms with Crippen molar-refractivity contribution < 1.29 is 0 Å². The smallest absolute Gasteiger partial charge is 0.139 e. The molecular weight excluding hydrogens is 182 g/mol. The minimum Gasteiger partial charge on any atom is -0.317 e. The molecule has 0 saturated carbocycles. The molecule has 0 spiro atoms. The summed E-state index contributed by atoms with van der Waals surface area (Å²) in [6.07, 6.45) is 1.73. The van der Waals surface area contributed by atoms with E-state index in [1.165, 1.54) is 0 Å². The van der Waals surface area contributed by atoms with Gasteiger partial charge in [0.05, 0.1) is 11.9 Å². The first kappa shape index (κ1) is 8.19. The van der Waals surface area contributed by atoms with Crippen LogP contribution in [0.5, 0.6) is 0 Å². The van der Waals surface area contributed by atoms with E-state index in [-0.39, 0.29) is 0 Å². The summed E-state index contributed by atoms with van der Waals surface area (Å²) >= 11 is 3.99. The summed E-state index contributed by atoms with van der Waals surface area (Å²) in [5, 5.41) is 4.16. The second-order valence-electron chi connectivity index (χ2n) is 2.58. The van der Waals surface area contributed by atoms with Crippen LogP contribution in [0, 0.1) is 0 Å². The molecule has 0 unspecified atom stereocenters. The molecule has 1 N–H and O–H groups in total. The van der Waals surface area contributed by atoms with E-state index in [1.807, 2.05) is 36.4 Å². The van der Waals surface area contributed by atoms with E-state index in [4.69, 9.17) is 0 Å². The van der Waals surface area contributed by atoms with E-state index in [0.717, 1.165) is 11.5 Å². The molecule has 4 heteroatoms. The van der Waals surface area contributed by atoms with Crippen LogP contribution in [0.2, 0.25) is 0 Å². The number of benzene rings is 1. The van der Waals surface area contributed by atoms with Crippen molar-refractivity contribution >= 4 is 18.6 Å². The number of hydrogen-bond acceptors (Lipinski definition) is 3. The highest BCUT2D eigenvalue weighted by Gasteiger charge is 2.00. The zero-order chi connectivity index (χ0) is 9.10. The van der Waals surface area contributed by atoms with Crippen molar-refractivity contribution in [1.82, 2.24) is 9.78 Å². The maximum Gasteiger partial charge on any atom is 0.139 e. The molecule has 0 aliphatic rings. The highest BCUT2D eigenvalue weighted by Crippen LogP contribution is 2.14. The summed E-state index contributed by atoms with van der Waals surface area (Å²) in [4.78, 5) is 0. The number of hydrogen-bond donors (Lipinski definition) is 2. The summed E-state index contributed by atoms with van der Waals surface area (Å²) in [5.74, 6) is 0.856. The highest BCUT2D eigenvalue weighted by molar-refractivity contribution is 7.81. The first-order valence-corrected chi connectivity index (χ1v) is 4.36. The topological polar surface area (TPSA) is 29.9 Å². The van der Waals surface area contributed by atoms with Crippen molar-refractivity contribution in [3.63, 3.8) is 0 Å². The maximum absolute atomic E-state index is 4.16. The quantitative estimate of drug-likeness (QED) is 0.712. The van der Waals surface area contributed by atoms with E-state index in [9.17, 15) is 0 Å². The Labute approximate surface area is 81.9 Å². The molecule has 1 aromatic carbocycles. The Balaban J connectivity index is 2.47. The van der Waals surface area contributed by atoms with Crippen LogP contribution in [0.25, 0.3) is 5.69 Å². The molecule has 0 aliphatic heterocycles. The number of rotatable bonds is 2. The van der Waals surface area contributed by atoms with Gasteiger partial charge in [-0.05, 0) is 12.1 Å². The van der Waals surface area contributed by atoms with E-state index in [2.05, 4.69) is 22.6 Å². The predicted octanol–water partition coefficient (Wildman–Crippen LogP) is 2.13. The highest BCUT2D eigenvalue weighted by atomic mass is 32.1. The zero-order valence-corrected chi connectivity index (χ0v) is 7.78. The molecule has 2 rings (SSSR count). The van der Waals surface area contributed by atoms with Crippen molar-refractivity contribution in [3.05, 3.63) is 42.6 Å². The van der Waals surface area contributed by atoms with Crippen LogP contribution in [-0.2, 0) is 0 Å². The second kappa shape index (κ2) is 3.53. The molecule has 2 aromatic rings. The summed E-state index contributed by atoms with van der Waals surface area (Å²) in [7, 11) is 0. The number of anilines is 1. The van der Waals surface area contributed by atoms with Gasteiger partial charge in [0.1, 0.15) is 5.82 Å². The molecule has 0 bridgehead atoms. The van der Waals surface area contributed by atoms with Gasteiger partial charge in [-0.25, -0.2) is 4.68 Å². The Bertz CT molecular complexity index is 383. The number of nitrogens with one attached hydrogen (secondary N) is 1. The Hall–Kier alpha value is -1.42. The van der Waals surface area contributed by atoms with Crippen LogP contribution in [0.1, 0.15) is 0 Å². The molecule has 13 heavy (non-hydrogen) atoms. The minimum atomic E-state index is 0.856. The zero-order valence-electron chi connectivity index (χ0n) is 6.88. The minimum absolute atomic E-state index is 0.856. The fourth-order valence-electron chi connectivity index (χ4n) is 1.16. The Morgan fingerprint density at radius 3 is 2.62 bits per heavy atom. The summed E-state index contributed by atoms with van der Waals surface area (Å²) in [6, 6.07) is 11.8. The molecule has 0 amide bonds. The van der Waals surface area contributed by atoms with Crippen molar-refractivity contribution in [2.75, 3.05) is 4.72 Å². The van der Waals surface area contributed by atoms with Gasteiger partial charge in [0.25, 0.3) is 0 Å². The molecule has 0 fully saturated rings. The first-order chi connectivity index (χ1) is 6.42. The third-order valence-corrected chi connectivity index (χ3v) is 1.99. The van der Waals surface area contributed by atoms with Crippen molar-refractivity contribution in [3.8, 4) is 5.69 Å². The molecule has 66 valence electrons. The van der Waals surface area contributed by atoms with Crippen molar-refractivity contribution in [2.45, 2.75) is 0 Å². The second-order valence-corrected chi connectivity index (χ2v) is 2.80. The van der Waals surface area contributed by atoms with Gasteiger partial charge in [0.15, 0.2) is 0 Å². The van der Waals surface area contributed by atoms with Crippen LogP contribution < -0.4 is 4.72 Å². The average molecular weight is 191 g/mol. The van der Waals surface area contributed by atoms with E-state index in [1.54, 1.807) is 10.9 Å². The lowest BCUT2D eigenvalue weighted by molar-refractivity contribution is 0.891. The fourth-order valence-corrected chi connectivity index (χ4v) is 1.33. The van der Waals surface area contributed by atoms with Crippen LogP contribution in [0.15, 0.2) is 42.6 Å². The predicted molar refractivity (Wildman–Crippen MR) is 56.2 cm³/mol. The monoisotopic (exact) mass is 191 g/mol. The third kappa shape index (κ3) is 1.53. The maximum atomic E-state index is 4.16. The molecule has 3 nitrogen and oxygen atoms in total. The third-order valence-electron chi connectivity index (χ3n) is 1.76. The van der Waals surface area contributed by atoms with Gasteiger partial charge >= 0.3 is 0 Å². The molecule has 0 aliphatic carbocycles. The van der Waals surface area contributed by atoms with E-state index < -0.39 is 0 Å². The van der Waals surface area contributed by atoms with Gasteiger partial charge in [-0.3, -0.25) is 0 Å². The lowest BCUT2D eigenvalue weighted by Gasteiger charge is -2.04. The number of para-hydroxylation sites is 1. The Morgan fingerprint density at radius 1 is 1.15 bits per heavy atom. The Morgan fingerprint density at radius 2 is 1.92 bits per heavy atom. The summed E-state index contributed by atoms with van der Waals surface area (Å²) in [5.41, 5.74) is 1.02. The number of thiol groups is 1. The van der Waals surface area contributed by atoms with Gasteiger partial charge in [0.2, 0.25) is 0 Å². The van der Waals surface area contributed by atoms with Gasteiger partial charge in [0, 0.05) is 6.07 Å². The number of nitrogens with zero attached hydrogens (tertiary/aromatic N) is 2. The number of aromatic nitrogens is 2. The van der Waals surface area contributed by atoms with Crippen LogP contribution in [-0.4, -0.2) is 9.78 Å². The molecular formula is C9H9N3S. The molecule has 0 atom stereocenters. The van der Waals surface area contributed by atoms with Gasteiger partial charge in [-0.1, -0.05) is 31.0 Å². The summed E-state index contributed by atoms with van der Waals surface area (Å²) in [6.45, 7) is 0. The fraction of sp³-hybridized carbons (Fsp3) is 0. The largest absolute Gasteiger partial charge is 0.317 e. The van der Waals surface area contributed by atoms with Gasteiger partial charge in [-0.2, -0.15) is 5.10 Å².